The van der Waals surface area contributed by atoms with E-state index in [0.717, 1.165) is 24.2 Å². The van der Waals surface area contributed by atoms with E-state index in [1.54, 1.807) is 18.2 Å². The van der Waals surface area contributed by atoms with Crippen molar-refractivity contribution in [2.45, 2.75) is 20.0 Å². The van der Waals surface area contributed by atoms with E-state index in [1.807, 2.05) is 6.92 Å². The number of nitrogens with two attached hydrogens (primary N) is 1. The minimum absolute atomic E-state index is 0.148. The van der Waals surface area contributed by atoms with Crippen LogP contribution in [0.5, 0.6) is 0 Å². The maximum Gasteiger partial charge on any atom is 0.123 e. The fourth-order valence-corrected chi connectivity index (χ4v) is 1.33. The largest absolute Gasteiger partial charge is 0.376 e. The molecule has 1 aliphatic rings. The number of hydrogen-bond acceptors (Lipinski definition) is 2. The molecule has 3 heteroatoms. The van der Waals surface area contributed by atoms with Crippen LogP contribution in [0.15, 0.2) is 30.9 Å². The summed E-state index contributed by atoms with van der Waals surface area (Å²) in [6.07, 6.45) is 2.59. The monoisotopic (exact) mass is 225 g/mol. The Kier molecular flexibility index (Phi) is 8.39. The van der Waals surface area contributed by atoms with Crippen molar-refractivity contribution in [3.8, 4) is 0 Å². The first kappa shape index (κ1) is 14.8. The van der Waals surface area contributed by atoms with Gasteiger partial charge < -0.3 is 10.5 Å². The number of allylic oxidation sites excluding steroid dienone is 1. The molecular formula is C13H20FNO. The topological polar surface area (TPSA) is 35.2 Å². The summed E-state index contributed by atoms with van der Waals surface area (Å²) in [5.74, 6) is -0.148. The molecule has 1 heterocycles. The van der Waals surface area contributed by atoms with Gasteiger partial charge in [-0.05, 0) is 43.7 Å². The third kappa shape index (κ3) is 5.05. The van der Waals surface area contributed by atoms with Crippen LogP contribution in [-0.4, -0.2) is 13.7 Å². The fourth-order valence-electron chi connectivity index (χ4n) is 1.33. The summed E-state index contributed by atoms with van der Waals surface area (Å²) in [4.78, 5) is 0. The van der Waals surface area contributed by atoms with E-state index in [4.69, 9.17) is 4.74 Å². The van der Waals surface area contributed by atoms with Crippen molar-refractivity contribution in [1.82, 2.24) is 0 Å². The molecule has 2 nitrogen and oxygen atoms in total. The highest BCUT2D eigenvalue weighted by Gasteiger charge is 2.08. The van der Waals surface area contributed by atoms with Crippen LogP contribution < -0.4 is 5.73 Å². The number of rotatable bonds is 0. The zero-order valence-corrected chi connectivity index (χ0v) is 10.0. The first-order valence-electron chi connectivity index (χ1n) is 5.27. The Labute approximate surface area is 96.9 Å². The van der Waals surface area contributed by atoms with Crippen LogP contribution in [-0.2, 0) is 17.8 Å². The summed E-state index contributed by atoms with van der Waals surface area (Å²) in [7, 11) is 1.50. The Hall–Kier alpha value is -1.19. The Balaban J connectivity index is 0.000000394. The van der Waals surface area contributed by atoms with Crippen LogP contribution in [0.2, 0.25) is 0 Å². The first-order chi connectivity index (χ1) is 7.77. The Bertz CT molecular complexity index is 313. The molecule has 1 aliphatic heterocycles. The van der Waals surface area contributed by atoms with Gasteiger partial charge >= 0.3 is 0 Å². The van der Waals surface area contributed by atoms with E-state index in [9.17, 15) is 4.39 Å². The van der Waals surface area contributed by atoms with Crippen molar-refractivity contribution in [2.24, 2.45) is 5.73 Å². The van der Waals surface area contributed by atoms with Crippen molar-refractivity contribution in [1.29, 1.82) is 0 Å². The molecule has 0 saturated carbocycles. The van der Waals surface area contributed by atoms with Crippen molar-refractivity contribution in [2.75, 3.05) is 13.7 Å². The summed E-state index contributed by atoms with van der Waals surface area (Å²) >= 11 is 0. The molecule has 1 aromatic rings. The van der Waals surface area contributed by atoms with E-state index >= 15 is 0 Å². The van der Waals surface area contributed by atoms with Gasteiger partial charge in [-0.1, -0.05) is 12.1 Å². The van der Waals surface area contributed by atoms with Gasteiger partial charge in [-0.3, -0.25) is 0 Å². The highest BCUT2D eigenvalue weighted by molar-refractivity contribution is 5.28. The van der Waals surface area contributed by atoms with Crippen LogP contribution in [0.25, 0.3) is 0 Å². The summed E-state index contributed by atoms with van der Waals surface area (Å²) in [6, 6.07) is 4.87. The van der Waals surface area contributed by atoms with Gasteiger partial charge in [0.1, 0.15) is 5.82 Å². The molecule has 0 amide bonds. The third-order valence-corrected chi connectivity index (χ3v) is 1.94. The van der Waals surface area contributed by atoms with Gasteiger partial charge in [0.05, 0.1) is 13.2 Å². The van der Waals surface area contributed by atoms with Crippen LogP contribution in [0, 0.1) is 5.82 Å². The molecule has 2 rings (SSSR count). The van der Waals surface area contributed by atoms with Crippen molar-refractivity contribution in [3.63, 3.8) is 0 Å². The van der Waals surface area contributed by atoms with Crippen molar-refractivity contribution in [3.05, 3.63) is 47.8 Å². The molecule has 2 N–H and O–H groups in total. The molecule has 0 unspecified atom stereocenters. The van der Waals surface area contributed by atoms with Crippen LogP contribution in [0.3, 0.4) is 0 Å². The second-order valence-electron chi connectivity index (χ2n) is 3.12. The normalized spacial score (nSPS) is 12.2. The highest BCUT2D eigenvalue weighted by Crippen LogP contribution is 2.17. The van der Waals surface area contributed by atoms with Crippen molar-refractivity contribution >= 4 is 0 Å². The number of benzene rings is 1. The lowest BCUT2D eigenvalue weighted by Crippen LogP contribution is -2.09. The van der Waals surface area contributed by atoms with E-state index in [-0.39, 0.29) is 5.82 Å². The molecule has 0 radical (unpaired) electrons. The highest BCUT2D eigenvalue weighted by atomic mass is 19.1. The van der Waals surface area contributed by atoms with Gasteiger partial charge in [-0.25, -0.2) is 4.39 Å². The van der Waals surface area contributed by atoms with Gasteiger partial charge in [-0.2, -0.15) is 0 Å². The van der Waals surface area contributed by atoms with E-state index < -0.39 is 0 Å². The lowest BCUT2D eigenvalue weighted by Gasteiger charge is -2.15. The SMILES string of the molecule is C=CC.CN.Fc1ccc2c(c1)CCOC2. The summed E-state index contributed by atoms with van der Waals surface area (Å²) < 4.78 is 17.9. The zero-order valence-electron chi connectivity index (χ0n) is 10.0. The number of hydrogen-bond donors (Lipinski definition) is 1. The average Bonchev–Trinajstić information content (AvgIpc) is 2.32. The van der Waals surface area contributed by atoms with Gasteiger partial charge in [0, 0.05) is 0 Å². The van der Waals surface area contributed by atoms with Gasteiger partial charge in [0.15, 0.2) is 0 Å². The third-order valence-electron chi connectivity index (χ3n) is 1.94. The maximum atomic E-state index is 12.7. The predicted molar refractivity (Wildman–Crippen MR) is 65.7 cm³/mol. The Morgan fingerprint density at radius 2 is 2.00 bits per heavy atom. The molecule has 0 spiro atoms. The quantitative estimate of drug-likeness (QED) is 0.689. The Morgan fingerprint density at radius 1 is 1.38 bits per heavy atom. The molecule has 0 aromatic heterocycles. The minimum atomic E-state index is -0.148. The molecule has 0 saturated heterocycles. The zero-order chi connectivity index (χ0) is 12.4. The van der Waals surface area contributed by atoms with E-state index in [1.165, 1.54) is 13.1 Å². The van der Waals surface area contributed by atoms with Crippen LogP contribution in [0.4, 0.5) is 4.39 Å². The second-order valence-corrected chi connectivity index (χ2v) is 3.12. The smallest absolute Gasteiger partial charge is 0.123 e. The van der Waals surface area contributed by atoms with Gasteiger partial charge in [0.2, 0.25) is 0 Å². The minimum Gasteiger partial charge on any atom is -0.376 e. The lowest BCUT2D eigenvalue weighted by molar-refractivity contribution is 0.110. The van der Waals surface area contributed by atoms with E-state index in [0.29, 0.717) is 6.61 Å². The second kappa shape index (κ2) is 9.07. The standard InChI is InChI=1S/C9H9FO.C3H6.CH5N/c10-9-2-1-8-6-11-4-3-7(8)5-9;1-3-2;1-2/h1-2,5H,3-4,6H2;3H,1H2,2H3;2H2,1H3. The summed E-state index contributed by atoms with van der Waals surface area (Å²) in [5.41, 5.74) is 6.72. The summed E-state index contributed by atoms with van der Waals surface area (Å²) in [6.45, 7) is 6.60. The molecule has 90 valence electrons. The van der Waals surface area contributed by atoms with Gasteiger partial charge in [-0.15, -0.1) is 6.58 Å². The fraction of sp³-hybridized carbons (Fsp3) is 0.385. The molecular weight excluding hydrogens is 205 g/mol. The van der Waals surface area contributed by atoms with Crippen LogP contribution >= 0.6 is 0 Å². The number of fused-ring (bicyclic) bond motifs is 1. The van der Waals surface area contributed by atoms with Crippen molar-refractivity contribution < 1.29 is 9.13 Å². The van der Waals surface area contributed by atoms with Crippen LogP contribution in [0.1, 0.15) is 18.1 Å². The number of halogens is 1. The predicted octanol–water partition coefficient (Wildman–Crippen LogP) is 2.67. The van der Waals surface area contributed by atoms with Gasteiger partial charge in [0.25, 0.3) is 0 Å². The number of ether oxygens (including phenoxy) is 1. The molecule has 16 heavy (non-hydrogen) atoms. The summed E-state index contributed by atoms with van der Waals surface area (Å²) in [5, 5.41) is 0. The lowest BCUT2D eigenvalue weighted by atomic mass is 10.0. The maximum absolute atomic E-state index is 12.7. The first-order valence-corrected chi connectivity index (χ1v) is 5.27. The van der Waals surface area contributed by atoms with E-state index in [2.05, 4.69) is 12.3 Å². The molecule has 0 atom stereocenters. The molecule has 0 fully saturated rings. The average molecular weight is 225 g/mol. The Morgan fingerprint density at radius 3 is 2.62 bits per heavy atom. The molecule has 0 bridgehead atoms. The molecule has 1 aromatic carbocycles. The molecule has 0 aliphatic carbocycles.